The van der Waals surface area contributed by atoms with E-state index in [1.54, 1.807) is 32.1 Å². The maximum absolute atomic E-state index is 6.21. The fourth-order valence-corrected chi connectivity index (χ4v) is 9.52. The van der Waals surface area contributed by atoms with Gasteiger partial charge in [-0.25, -0.2) is 0 Å². The Labute approximate surface area is 166 Å². The molecule has 5 aliphatic carbocycles. The summed E-state index contributed by atoms with van der Waals surface area (Å²) in [5.74, 6) is 4.76. The first-order valence-corrected chi connectivity index (χ1v) is 12.5. The summed E-state index contributed by atoms with van der Waals surface area (Å²) < 4.78 is 6.21. The van der Waals surface area contributed by atoms with E-state index in [-0.39, 0.29) is 0 Å². The van der Waals surface area contributed by atoms with Gasteiger partial charge in [0, 0.05) is 6.61 Å². The van der Waals surface area contributed by atoms with Crippen molar-refractivity contribution < 1.29 is 4.74 Å². The Hall–Kier alpha value is -0.300. The van der Waals surface area contributed by atoms with Crippen LogP contribution in [0.2, 0.25) is 0 Å². The summed E-state index contributed by atoms with van der Waals surface area (Å²) in [6.07, 6.45) is 24.2. The Bertz CT molecular complexity index is 608. The molecule has 0 amide bonds. The number of hydrogen-bond acceptors (Lipinski definition) is 1. The smallest absolute Gasteiger partial charge is 0.0609 e. The highest BCUT2D eigenvalue weighted by molar-refractivity contribution is 5.25. The molecule has 1 heteroatoms. The van der Waals surface area contributed by atoms with Crippen LogP contribution in [0.25, 0.3) is 0 Å². The lowest BCUT2D eigenvalue weighted by molar-refractivity contribution is -0.0162. The van der Waals surface area contributed by atoms with E-state index in [1.807, 2.05) is 5.57 Å². The van der Waals surface area contributed by atoms with Gasteiger partial charge in [0.25, 0.3) is 0 Å². The number of ether oxygens (including phenoxy) is 1. The van der Waals surface area contributed by atoms with Crippen LogP contribution in [-0.2, 0) is 4.74 Å². The Kier molecular flexibility index (Phi) is 4.13. The lowest BCUT2D eigenvalue weighted by Crippen LogP contribution is -2.45. The highest BCUT2D eigenvalue weighted by atomic mass is 16.5. The molecule has 1 heterocycles. The van der Waals surface area contributed by atoms with Crippen LogP contribution in [0.5, 0.6) is 0 Å². The molecule has 5 fully saturated rings. The number of allylic oxidation sites excluding steroid dienone is 2. The van der Waals surface area contributed by atoms with Crippen LogP contribution >= 0.6 is 0 Å². The normalized spacial score (nSPS) is 50.9. The van der Waals surface area contributed by atoms with Gasteiger partial charge >= 0.3 is 0 Å². The molecule has 0 aromatic carbocycles. The second-order valence-electron chi connectivity index (χ2n) is 11.8. The average Bonchev–Trinajstić information content (AvgIpc) is 3.41. The Morgan fingerprint density at radius 2 is 1.70 bits per heavy atom. The van der Waals surface area contributed by atoms with Crippen molar-refractivity contribution in [2.75, 3.05) is 6.61 Å². The van der Waals surface area contributed by atoms with Crippen molar-refractivity contribution in [3.63, 3.8) is 0 Å². The first kappa shape index (κ1) is 17.5. The summed E-state index contributed by atoms with van der Waals surface area (Å²) in [6.45, 7) is 3.68. The van der Waals surface area contributed by atoms with Gasteiger partial charge in [-0.2, -0.15) is 0 Å². The lowest BCUT2D eigenvalue weighted by Gasteiger charge is -2.54. The maximum atomic E-state index is 6.21. The van der Waals surface area contributed by atoms with Gasteiger partial charge in [0.2, 0.25) is 0 Å². The molecule has 0 radical (unpaired) electrons. The van der Waals surface area contributed by atoms with Gasteiger partial charge in [0.1, 0.15) is 0 Å². The molecule has 0 bridgehead atoms. The van der Waals surface area contributed by atoms with Crippen molar-refractivity contribution in [2.45, 2.75) is 103 Å². The van der Waals surface area contributed by atoms with Crippen LogP contribution in [-0.4, -0.2) is 12.7 Å². The molecule has 0 aromatic rings. The van der Waals surface area contributed by atoms with E-state index in [0.717, 1.165) is 41.6 Å². The van der Waals surface area contributed by atoms with Crippen molar-refractivity contribution in [2.24, 2.45) is 40.4 Å². The largest absolute Gasteiger partial charge is 0.378 e. The molecule has 1 spiro atoms. The van der Waals surface area contributed by atoms with Gasteiger partial charge in [-0.05, 0) is 117 Å². The molecule has 6 rings (SSSR count). The van der Waals surface area contributed by atoms with E-state index in [1.165, 1.54) is 57.8 Å². The van der Waals surface area contributed by atoms with Crippen molar-refractivity contribution in [3.8, 4) is 0 Å². The Morgan fingerprint density at radius 3 is 2.52 bits per heavy atom. The molecule has 27 heavy (non-hydrogen) atoms. The number of fused-ring (bicyclic) bond motifs is 5. The standard InChI is InChI=1S/C26H40O/c1-25-14-10-20-19-11-15-26(12-2-3-13-26)17-18(19)6-7-21(20)22(25)8-9-23(25)24-5-4-16-27-24/h10,18-19,21-24H,2-9,11-17H2,1H3/t18?,19?,21?,22?,23?,24?,25-/m0/s1. The molecule has 0 aromatic heterocycles. The summed E-state index contributed by atoms with van der Waals surface area (Å²) in [4.78, 5) is 0. The molecular weight excluding hydrogens is 328 g/mol. The molecule has 6 aliphatic rings. The molecule has 1 saturated heterocycles. The van der Waals surface area contributed by atoms with Gasteiger partial charge in [-0.1, -0.05) is 31.4 Å². The van der Waals surface area contributed by atoms with E-state index in [2.05, 4.69) is 13.0 Å². The minimum absolute atomic E-state index is 0.539. The first-order valence-electron chi connectivity index (χ1n) is 12.5. The predicted octanol–water partition coefficient (Wildman–Crippen LogP) is 6.91. The second kappa shape index (κ2) is 6.35. The Balaban J connectivity index is 1.24. The van der Waals surface area contributed by atoms with Crippen LogP contribution < -0.4 is 0 Å². The summed E-state index contributed by atoms with van der Waals surface area (Å²) in [7, 11) is 0. The fourth-order valence-electron chi connectivity index (χ4n) is 9.52. The van der Waals surface area contributed by atoms with Gasteiger partial charge in [-0.15, -0.1) is 0 Å². The summed E-state index contributed by atoms with van der Waals surface area (Å²) in [6, 6.07) is 0. The SMILES string of the molecule is C[C@]12CC=C3C4CCC5(CCCC5)CC4CCC3C1CCC2C1CCCO1. The lowest BCUT2D eigenvalue weighted by atomic mass is 9.51. The summed E-state index contributed by atoms with van der Waals surface area (Å²) in [5, 5.41) is 0. The fraction of sp³-hybridized carbons (Fsp3) is 0.923. The van der Waals surface area contributed by atoms with E-state index in [9.17, 15) is 0 Å². The van der Waals surface area contributed by atoms with Crippen molar-refractivity contribution in [3.05, 3.63) is 11.6 Å². The van der Waals surface area contributed by atoms with Gasteiger partial charge in [-0.3, -0.25) is 0 Å². The van der Waals surface area contributed by atoms with E-state index >= 15 is 0 Å². The summed E-state index contributed by atoms with van der Waals surface area (Å²) >= 11 is 0. The zero-order chi connectivity index (χ0) is 18.1. The maximum Gasteiger partial charge on any atom is 0.0609 e. The monoisotopic (exact) mass is 368 g/mol. The van der Waals surface area contributed by atoms with Crippen LogP contribution in [0, 0.1) is 40.4 Å². The predicted molar refractivity (Wildman–Crippen MR) is 110 cm³/mol. The molecule has 6 unspecified atom stereocenters. The average molecular weight is 369 g/mol. The van der Waals surface area contributed by atoms with Gasteiger partial charge in [0.15, 0.2) is 0 Å². The number of hydrogen-bond donors (Lipinski definition) is 0. The molecule has 150 valence electrons. The van der Waals surface area contributed by atoms with E-state index < -0.39 is 0 Å². The third-order valence-corrected chi connectivity index (χ3v) is 10.8. The van der Waals surface area contributed by atoms with Crippen LogP contribution in [0.1, 0.15) is 96.8 Å². The number of rotatable bonds is 1. The van der Waals surface area contributed by atoms with Crippen LogP contribution in [0.4, 0.5) is 0 Å². The van der Waals surface area contributed by atoms with Crippen molar-refractivity contribution >= 4 is 0 Å². The minimum atomic E-state index is 0.539. The minimum Gasteiger partial charge on any atom is -0.378 e. The third kappa shape index (κ3) is 2.59. The Morgan fingerprint density at radius 1 is 0.852 bits per heavy atom. The third-order valence-electron chi connectivity index (χ3n) is 10.8. The van der Waals surface area contributed by atoms with Crippen molar-refractivity contribution in [1.82, 2.24) is 0 Å². The highest BCUT2D eigenvalue weighted by Gasteiger charge is 2.57. The van der Waals surface area contributed by atoms with E-state index in [0.29, 0.717) is 11.5 Å². The van der Waals surface area contributed by atoms with Crippen LogP contribution in [0.15, 0.2) is 11.6 Å². The highest BCUT2D eigenvalue weighted by Crippen LogP contribution is 2.65. The molecule has 0 N–H and O–H groups in total. The summed E-state index contributed by atoms with van der Waals surface area (Å²) in [5.41, 5.74) is 3.29. The van der Waals surface area contributed by atoms with E-state index in [4.69, 9.17) is 4.74 Å². The zero-order valence-electron chi connectivity index (χ0n) is 17.6. The second-order valence-corrected chi connectivity index (χ2v) is 11.8. The molecular formula is C26H40O. The topological polar surface area (TPSA) is 9.23 Å². The van der Waals surface area contributed by atoms with Crippen LogP contribution in [0.3, 0.4) is 0 Å². The molecule has 4 saturated carbocycles. The van der Waals surface area contributed by atoms with Crippen molar-refractivity contribution in [1.29, 1.82) is 0 Å². The molecule has 1 nitrogen and oxygen atoms in total. The molecule has 7 atom stereocenters. The molecule has 1 aliphatic heterocycles. The zero-order valence-corrected chi connectivity index (χ0v) is 17.6. The first-order chi connectivity index (χ1) is 13.2. The quantitative estimate of drug-likeness (QED) is 0.457. The van der Waals surface area contributed by atoms with Gasteiger partial charge in [0.05, 0.1) is 6.10 Å². The van der Waals surface area contributed by atoms with Gasteiger partial charge < -0.3 is 4.74 Å².